The molecule has 0 bridgehead atoms. The number of para-hydroxylation sites is 2. The molecule has 0 amide bonds. The van der Waals surface area contributed by atoms with Gasteiger partial charge in [-0.15, -0.1) is 0 Å². The molecule has 5 rings (SSSR count). The molecule has 0 saturated carbocycles. The third kappa shape index (κ3) is 4.55. The van der Waals surface area contributed by atoms with E-state index >= 15 is 0 Å². The summed E-state index contributed by atoms with van der Waals surface area (Å²) < 4.78 is 10.7. The van der Waals surface area contributed by atoms with Gasteiger partial charge in [-0.05, 0) is 60.7 Å². The van der Waals surface area contributed by atoms with Gasteiger partial charge < -0.3 is 25.2 Å². The minimum atomic E-state index is -0.786. The van der Waals surface area contributed by atoms with E-state index < -0.39 is 22.4 Å². The van der Waals surface area contributed by atoms with Gasteiger partial charge in [-0.2, -0.15) is 0 Å². The van der Waals surface area contributed by atoms with Crippen LogP contribution in [0.3, 0.4) is 0 Å². The molecule has 2 N–H and O–H groups in total. The van der Waals surface area contributed by atoms with Gasteiger partial charge in [-0.1, -0.05) is 24.3 Å². The number of fused-ring (bicyclic) bond motifs is 1. The van der Waals surface area contributed by atoms with Gasteiger partial charge in [0.05, 0.1) is 36.1 Å². The average molecular weight is 501 g/mol. The van der Waals surface area contributed by atoms with E-state index in [0.29, 0.717) is 17.6 Å². The minimum Gasteiger partial charge on any atom is -0.865 e. The van der Waals surface area contributed by atoms with E-state index in [0.717, 1.165) is 28.4 Å². The fourth-order valence-corrected chi connectivity index (χ4v) is 5.03. The van der Waals surface area contributed by atoms with Crippen LogP contribution in [-0.4, -0.2) is 24.4 Å². The second kappa shape index (κ2) is 9.85. The van der Waals surface area contributed by atoms with E-state index in [4.69, 9.17) is 9.47 Å². The smallest absolute Gasteiger partial charge is 0.265 e. The van der Waals surface area contributed by atoms with Crippen molar-refractivity contribution in [1.29, 1.82) is 0 Å². The largest absolute Gasteiger partial charge is 0.865 e. The number of nitrogens with zero attached hydrogens (tertiary/aromatic N) is 1. The van der Waals surface area contributed by atoms with Gasteiger partial charge in [0.15, 0.2) is 5.78 Å². The number of anilines is 2. The standard InChI is InChI=1S/C28H27N3O6/c1-3-37-25-15-18(13-23(28(25)33)31(34)35)27-26-22(29-20-6-4-5-7-21(20)30-27)12-17(14-24(26)32)16-8-10-19(36-2)11-9-16/h4-11,13,15,17,27,29-30,33H,3,12,14H2,1-2H3/p-1/t17-,27+/m0/s1. The Bertz CT molecular complexity index is 1400. The molecule has 37 heavy (non-hydrogen) atoms. The van der Waals surface area contributed by atoms with Crippen molar-refractivity contribution in [2.24, 2.45) is 0 Å². The summed E-state index contributed by atoms with van der Waals surface area (Å²) in [5.41, 5.74) is 3.62. The lowest BCUT2D eigenvalue weighted by atomic mass is 9.78. The molecule has 9 nitrogen and oxygen atoms in total. The molecule has 3 aromatic carbocycles. The van der Waals surface area contributed by atoms with Gasteiger partial charge in [0, 0.05) is 29.5 Å². The van der Waals surface area contributed by atoms with Crippen molar-refractivity contribution in [3.8, 4) is 17.2 Å². The molecule has 1 aliphatic carbocycles. The monoisotopic (exact) mass is 500 g/mol. The third-order valence-electron chi connectivity index (χ3n) is 6.78. The second-order valence-corrected chi connectivity index (χ2v) is 9.00. The molecule has 1 heterocycles. The molecule has 1 aliphatic heterocycles. The summed E-state index contributed by atoms with van der Waals surface area (Å²) in [6.07, 6.45) is 0.849. The van der Waals surface area contributed by atoms with Crippen LogP contribution in [0.5, 0.6) is 17.2 Å². The Morgan fingerprint density at radius 2 is 1.76 bits per heavy atom. The molecule has 0 radical (unpaired) electrons. The molecule has 0 aromatic heterocycles. The van der Waals surface area contributed by atoms with Crippen LogP contribution >= 0.6 is 0 Å². The van der Waals surface area contributed by atoms with Crippen LogP contribution in [0.2, 0.25) is 0 Å². The number of allylic oxidation sites excluding steroid dienone is 1. The van der Waals surface area contributed by atoms with Crippen molar-refractivity contribution in [1.82, 2.24) is 0 Å². The number of ketones is 1. The third-order valence-corrected chi connectivity index (χ3v) is 6.78. The Morgan fingerprint density at radius 3 is 2.43 bits per heavy atom. The van der Waals surface area contributed by atoms with E-state index in [1.165, 1.54) is 12.1 Å². The number of ether oxygens (including phenoxy) is 2. The summed E-state index contributed by atoms with van der Waals surface area (Å²) in [6.45, 7) is 1.88. The van der Waals surface area contributed by atoms with Crippen molar-refractivity contribution in [2.45, 2.75) is 31.7 Å². The van der Waals surface area contributed by atoms with Crippen LogP contribution in [0.1, 0.15) is 42.9 Å². The van der Waals surface area contributed by atoms with Gasteiger partial charge in [0.2, 0.25) is 0 Å². The van der Waals surface area contributed by atoms with Crippen LogP contribution in [0.15, 0.2) is 71.9 Å². The Labute approximate surface area is 213 Å². The van der Waals surface area contributed by atoms with E-state index in [9.17, 15) is 20.0 Å². The maximum Gasteiger partial charge on any atom is 0.265 e. The Kier molecular flexibility index (Phi) is 6.43. The molecule has 0 spiro atoms. The number of carbonyl (C=O) groups excluding carboxylic acids is 1. The van der Waals surface area contributed by atoms with E-state index in [1.807, 2.05) is 48.5 Å². The Balaban J connectivity index is 1.63. The molecule has 190 valence electrons. The van der Waals surface area contributed by atoms with E-state index in [1.54, 1.807) is 14.0 Å². The molecule has 9 heteroatoms. The van der Waals surface area contributed by atoms with Crippen LogP contribution in [0, 0.1) is 10.1 Å². The quantitative estimate of drug-likeness (QED) is 0.356. The number of nitro benzene ring substituents is 1. The first-order valence-electron chi connectivity index (χ1n) is 12.0. The van der Waals surface area contributed by atoms with Crippen molar-refractivity contribution in [2.75, 3.05) is 24.4 Å². The normalized spacial score (nSPS) is 18.6. The first kappa shape index (κ1) is 24.2. The van der Waals surface area contributed by atoms with Crippen molar-refractivity contribution in [3.63, 3.8) is 0 Å². The maximum atomic E-state index is 13.7. The number of benzene rings is 3. The zero-order valence-electron chi connectivity index (χ0n) is 20.4. The summed E-state index contributed by atoms with van der Waals surface area (Å²) in [4.78, 5) is 24.7. The maximum absolute atomic E-state index is 13.7. The lowest BCUT2D eigenvalue weighted by Crippen LogP contribution is -2.27. The zero-order chi connectivity index (χ0) is 26.1. The number of Topliss-reactive ketones (excluding diaryl/α,β-unsaturated/α-hetero) is 1. The highest BCUT2D eigenvalue weighted by Crippen LogP contribution is 2.46. The Morgan fingerprint density at radius 1 is 1.03 bits per heavy atom. The first-order valence-corrected chi connectivity index (χ1v) is 12.0. The SMILES string of the molecule is CCOc1cc([C@H]2Nc3ccccc3NC3=C2C(=O)C[C@@H](c2ccc(OC)cc2)C3)cc([N+](=O)[O-])c1[O-]. The summed E-state index contributed by atoms with van der Waals surface area (Å²) in [5, 5.41) is 31.1. The van der Waals surface area contributed by atoms with Gasteiger partial charge >= 0.3 is 0 Å². The fraction of sp³-hybridized carbons (Fsp3) is 0.250. The molecule has 0 fully saturated rings. The van der Waals surface area contributed by atoms with Gasteiger partial charge in [-0.3, -0.25) is 14.9 Å². The average Bonchev–Trinajstić information content (AvgIpc) is 3.07. The first-order chi connectivity index (χ1) is 17.9. The predicted octanol–water partition coefficient (Wildman–Crippen LogP) is 5.06. The van der Waals surface area contributed by atoms with Crippen molar-refractivity contribution >= 4 is 22.8 Å². The lowest BCUT2D eigenvalue weighted by Gasteiger charge is -2.30. The molecular formula is C28H26N3O6-. The van der Waals surface area contributed by atoms with Crippen molar-refractivity contribution in [3.05, 3.63) is 93.2 Å². The number of methoxy groups -OCH3 is 1. The number of rotatable bonds is 6. The molecule has 0 unspecified atom stereocenters. The molecule has 3 aromatic rings. The number of hydrogen-bond acceptors (Lipinski definition) is 8. The zero-order valence-corrected chi connectivity index (χ0v) is 20.4. The molecular weight excluding hydrogens is 474 g/mol. The number of nitrogens with one attached hydrogen (secondary N) is 2. The highest BCUT2D eigenvalue weighted by molar-refractivity contribution is 6.01. The highest BCUT2D eigenvalue weighted by atomic mass is 16.6. The molecule has 2 aliphatic rings. The predicted molar refractivity (Wildman–Crippen MR) is 137 cm³/mol. The summed E-state index contributed by atoms with van der Waals surface area (Å²) in [5.74, 6) is -0.281. The van der Waals surface area contributed by atoms with E-state index in [-0.39, 0.29) is 30.5 Å². The van der Waals surface area contributed by atoms with Gasteiger partial charge in [0.25, 0.3) is 5.69 Å². The summed E-state index contributed by atoms with van der Waals surface area (Å²) >= 11 is 0. The fourth-order valence-electron chi connectivity index (χ4n) is 5.03. The van der Waals surface area contributed by atoms with Crippen LogP contribution in [0.4, 0.5) is 17.1 Å². The van der Waals surface area contributed by atoms with Gasteiger partial charge in [-0.25, -0.2) is 0 Å². The number of hydrogen-bond donors (Lipinski definition) is 2. The van der Waals surface area contributed by atoms with E-state index in [2.05, 4.69) is 10.6 Å². The molecule has 2 atom stereocenters. The summed E-state index contributed by atoms with van der Waals surface area (Å²) in [7, 11) is 1.61. The molecule has 0 saturated heterocycles. The number of nitro groups is 1. The summed E-state index contributed by atoms with van der Waals surface area (Å²) in [6, 6.07) is 17.3. The lowest BCUT2D eigenvalue weighted by molar-refractivity contribution is -0.398. The topological polar surface area (TPSA) is 126 Å². The van der Waals surface area contributed by atoms with Gasteiger partial charge in [0.1, 0.15) is 11.5 Å². The van der Waals surface area contributed by atoms with Crippen LogP contribution < -0.4 is 25.2 Å². The second-order valence-electron chi connectivity index (χ2n) is 9.00. The number of carbonyl (C=O) groups is 1. The Hall–Kier alpha value is -4.53. The highest BCUT2D eigenvalue weighted by Gasteiger charge is 2.37. The van der Waals surface area contributed by atoms with Crippen LogP contribution in [0.25, 0.3) is 0 Å². The van der Waals surface area contributed by atoms with Crippen molar-refractivity contribution < 1.29 is 24.3 Å². The minimum absolute atomic E-state index is 0.0482. The van der Waals surface area contributed by atoms with Crippen LogP contribution in [-0.2, 0) is 4.79 Å².